The van der Waals surface area contributed by atoms with Crippen LogP contribution in [0.1, 0.15) is 125 Å². The number of ketones is 1. The normalized spacial score (nSPS) is 12.1. The number of ether oxygens (including phenoxy) is 1. The van der Waals surface area contributed by atoms with E-state index < -0.39 is 6.04 Å². The van der Waals surface area contributed by atoms with Crippen LogP contribution in [0.2, 0.25) is 5.02 Å². The highest BCUT2D eigenvalue weighted by molar-refractivity contribution is 6.30. The number of hydrogen-bond acceptors (Lipinski definition) is 3. The fraction of sp³-hybridized carbons (Fsp3) is 0.545. The molecule has 37 heavy (non-hydrogen) atoms. The molecule has 0 aliphatic heterocycles. The first kappa shape index (κ1) is 31.0. The van der Waals surface area contributed by atoms with Crippen LogP contribution in [0.15, 0.2) is 60.8 Å². The van der Waals surface area contributed by atoms with E-state index in [0.29, 0.717) is 10.6 Å². The first-order valence-corrected chi connectivity index (χ1v) is 14.9. The van der Waals surface area contributed by atoms with Gasteiger partial charge in [0.2, 0.25) is 0 Å². The molecule has 0 heterocycles. The quantitative estimate of drug-likeness (QED) is 0.130. The fourth-order valence-corrected chi connectivity index (χ4v) is 4.76. The maximum atomic E-state index is 13.3. The minimum absolute atomic E-state index is 0.00561. The third-order valence-corrected chi connectivity index (χ3v) is 7.18. The smallest absolute Gasteiger partial charge is 0.189 e. The molecule has 0 saturated carbocycles. The highest BCUT2D eigenvalue weighted by Crippen LogP contribution is 2.24. The Labute approximate surface area is 231 Å². The van der Waals surface area contributed by atoms with Crippen molar-refractivity contribution in [2.24, 2.45) is 0 Å². The molecule has 2 rings (SSSR count). The molecular formula is C33H48ClNO2. The van der Waals surface area contributed by atoms with E-state index in [1.807, 2.05) is 30.5 Å². The molecule has 4 heteroatoms. The van der Waals surface area contributed by atoms with Crippen LogP contribution in [0.5, 0.6) is 5.75 Å². The lowest BCUT2D eigenvalue weighted by atomic mass is 9.97. The molecule has 0 amide bonds. The number of carbonyl (C=O) groups excluding carboxylic acids is 1. The number of unbranched alkanes of at least 4 members (excludes halogenated alkanes) is 14. The van der Waals surface area contributed by atoms with Crippen LogP contribution in [0, 0.1) is 0 Å². The first-order chi connectivity index (χ1) is 18.2. The Morgan fingerprint density at radius 3 is 1.97 bits per heavy atom. The van der Waals surface area contributed by atoms with Gasteiger partial charge in [0.25, 0.3) is 0 Å². The minimum atomic E-state index is -0.483. The Morgan fingerprint density at radius 1 is 0.838 bits per heavy atom. The molecule has 3 nitrogen and oxygen atoms in total. The van der Waals surface area contributed by atoms with E-state index >= 15 is 0 Å². The zero-order valence-corrected chi connectivity index (χ0v) is 23.9. The standard InChI is InChI=1S/C33H48ClNO2/c1-3-4-5-6-7-8-9-10-11-12-13-14-15-16-17-18-26-35-32(29-20-19-21-31(27-29)37-2)33(36)28-22-24-30(34)25-23-28/h18-27,32,35H,3-17H2,1-2H3/b26-18+. The van der Waals surface area contributed by atoms with Crippen molar-refractivity contribution in [3.05, 3.63) is 77.0 Å². The predicted molar refractivity (Wildman–Crippen MR) is 159 cm³/mol. The second-order valence-electron chi connectivity index (χ2n) is 10.0. The Balaban J connectivity index is 1.65. The monoisotopic (exact) mass is 525 g/mol. The molecule has 204 valence electrons. The summed E-state index contributed by atoms with van der Waals surface area (Å²) in [6.07, 6.45) is 24.3. The predicted octanol–water partition coefficient (Wildman–Crippen LogP) is 10.2. The number of carbonyl (C=O) groups is 1. The van der Waals surface area contributed by atoms with Gasteiger partial charge in [-0.15, -0.1) is 0 Å². The van der Waals surface area contributed by atoms with Crippen LogP contribution < -0.4 is 10.1 Å². The summed E-state index contributed by atoms with van der Waals surface area (Å²) in [5, 5.41) is 3.95. The number of allylic oxidation sites excluding steroid dienone is 1. The molecular weight excluding hydrogens is 478 g/mol. The number of halogens is 1. The van der Waals surface area contributed by atoms with Crippen LogP contribution in [0.25, 0.3) is 0 Å². The maximum absolute atomic E-state index is 13.3. The third-order valence-electron chi connectivity index (χ3n) is 6.92. The average molecular weight is 526 g/mol. The number of methoxy groups -OCH3 is 1. The van der Waals surface area contributed by atoms with Crippen LogP contribution in [-0.2, 0) is 0 Å². The lowest BCUT2D eigenvalue weighted by Crippen LogP contribution is -2.25. The summed E-state index contributed by atoms with van der Waals surface area (Å²) >= 11 is 6.01. The average Bonchev–Trinajstić information content (AvgIpc) is 2.92. The largest absolute Gasteiger partial charge is 0.497 e. The van der Waals surface area contributed by atoms with Crippen LogP contribution >= 0.6 is 11.6 Å². The van der Waals surface area contributed by atoms with Gasteiger partial charge in [-0.3, -0.25) is 4.79 Å². The van der Waals surface area contributed by atoms with Crippen molar-refractivity contribution in [1.82, 2.24) is 5.32 Å². The Bertz CT molecular complexity index is 893. The molecule has 0 spiro atoms. The van der Waals surface area contributed by atoms with E-state index in [4.69, 9.17) is 16.3 Å². The molecule has 0 aliphatic carbocycles. The highest BCUT2D eigenvalue weighted by atomic mass is 35.5. The zero-order valence-electron chi connectivity index (χ0n) is 23.2. The molecule has 0 radical (unpaired) electrons. The van der Waals surface area contributed by atoms with Crippen LogP contribution in [-0.4, -0.2) is 12.9 Å². The van der Waals surface area contributed by atoms with Gasteiger partial charge in [0, 0.05) is 10.6 Å². The fourth-order valence-electron chi connectivity index (χ4n) is 4.63. The van der Waals surface area contributed by atoms with E-state index in [1.54, 1.807) is 31.4 Å². The molecule has 0 aromatic heterocycles. The van der Waals surface area contributed by atoms with Gasteiger partial charge in [0.05, 0.1) is 7.11 Å². The van der Waals surface area contributed by atoms with Crippen molar-refractivity contribution in [2.45, 2.75) is 109 Å². The number of benzene rings is 2. The van der Waals surface area contributed by atoms with Crippen molar-refractivity contribution >= 4 is 17.4 Å². The zero-order chi connectivity index (χ0) is 26.6. The van der Waals surface area contributed by atoms with E-state index in [1.165, 1.54) is 89.9 Å². The molecule has 1 unspecified atom stereocenters. The molecule has 2 aromatic carbocycles. The SMILES string of the molecule is CCCCCCCCCCCCCCCC/C=C/NC(C(=O)c1ccc(Cl)cc1)c1cccc(OC)c1. The summed E-state index contributed by atoms with van der Waals surface area (Å²) in [7, 11) is 1.64. The van der Waals surface area contributed by atoms with Gasteiger partial charge in [-0.05, 0) is 61.0 Å². The second-order valence-corrected chi connectivity index (χ2v) is 10.5. The van der Waals surface area contributed by atoms with Gasteiger partial charge in [0.1, 0.15) is 11.8 Å². The van der Waals surface area contributed by atoms with E-state index in [0.717, 1.165) is 17.7 Å². The molecule has 1 atom stereocenters. The summed E-state index contributed by atoms with van der Waals surface area (Å²) in [5.74, 6) is 0.741. The molecule has 0 saturated heterocycles. The molecule has 0 aliphatic rings. The highest BCUT2D eigenvalue weighted by Gasteiger charge is 2.21. The second kappa shape index (κ2) is 19.8. The topological polar surface area (TPSA) is 38.3 Å². The number of Topliss-reactive ketones (excluding diaryl/α,β-unsaturated/α-hetero) is 1. The maximum Gasteiger partial charge on any atom is 0.189 e. The lowest BCUT2D eigenvalue weighted by molar-refractivity contribution is 0.0950. The molecule has 0 bridgehead atoms. The van der Waals surface area contributed by atoms with Gasteiger partial charge in [-0.25, -0.2) is 0 Å². The lowest BCUT2D eigenvalue weighted by Gasteiger charge is -2.18. The van der Waals surface area contributed by atoms with E-state index in [2.05, 4.69) is 18.3 Å². The Morgan fingerprint density at radius 2 is 1.41 bits per heavy atom. The van der Waals surface area contributed by atoms with Crippen LogP contribution in [0.3, 0.4) is 0 Å². The molecule has 0 fully saturated rings. The summed E-state index contributed by atoms with van der Waals surface area (Å²) in [6.45, 7) is 2.28. The van der Waals surface area contributed by atoms with Crippen molar-refractivity contribution in [1.29, 1.82) is 0 Å². The van der Waals surface area contributed by atoms with E-state index in [9.17, 15) is 4.79 Å². The van der Waals surface area contributed by atoms with Gasteiger partial charge in [0.15, 0.2) is 5.78 Å². The van der Waals surface area contributed by atoms with Gasteiger partial charge in [-0.1, -0.05) is 120 Å². The Kier molecular flexibility index (Phi) is 16.6. The first-order valence-electron chi connectivity index (χ1n) is 14.5. The third kappa shape index (κ3) is 13.2. The van der Waals surface area contributed by atoms with Gasteiger partial charge >= 0.3 is 0 Å². The summed E-state index contributed by atoms with van der Waals surface area (Å²) in [4.78, 5) is 13.3. The van der Waals surface area contributed by atoms with Gasteiger partial charge in [-0.2, -0.15) is 0 Å². The van der Waals surface area contributed by atoms with Crippen molar-refractivity contribution in [3.8, 4) is 5.75 Å². The van der Waals surface area contributed by atoms with Crippen molar-refractivity contribution in [3.63, 3.8) is 0 Å². The van der Waals surface area contributed by atoms with Crippen molar-refractivity contribution < 1.29 is 9.53 Å². The number of hydrogen-bond donors (Lipinski definition) is 1. The molecule has 2 aromatic rings. The number of rotatable bonds is 21. The molecule has 1 N–H and O–H groups in total. The summed E-state index contributed by atoms with van der Waals surface area (Å²) in [5.41, 5.74) is 1.51. The van der Waals surface area contributed by atoms with Crippen LogP contribution in [0.4, 0.5) is 0 Å². The summed E-state index contributed by atoms with van der Waals surface area (Å²) in [6, 6.07) is 14.2. The van der Waals surface area contributed by atoms with Crippen molar-refractivity contribution in [2.75, 3.05) is 7.11 Å². The Hall–Kier alpha value is -2.26. The minimum Gasteiger partial charge on any atom is -0.497 e. The van der Waals surface area contributed by atoms with E-state index in [-0.39, 0.29) is 5.78 Å². The number of nitrogens with one attached hydrogen (secondary N) is 1. The summed E-state index contributed by atoms with van der Waals surface area (Å²) < 4.78 is 5.37. The van der Waals surface area contributed by atoms with Gasteiger partial charge < -0.3 is 10.1 Å².